The summed E-state index contributed by atoms with van der Waals surface area (Å²) in [5.41, 5.74) is 16.3. The van der Waals surface area contributed by atoms with E-state index in [1.165, 1.54) is 51.8 Å². The second-order valence-electron chi connectivity index (χ2n) is 21.1. The van der Waals surface area contributed by atoms with Crippen molar-refractivity contribution in [1.82, 2.24) is 10.6 Å². The first-order valence-corrected chi connectivity index (χ1v) is 30.9. The van der Waals surface area contributed by atoms with Gasteiger partial charge in [-0.25, -0.2) is 28.8 Å². The summed E-state index contributed by atoms with van der Waals surface area (Å²) in [6, 6.07) is 0. The van der Waals surface area contributed by atoms with Gasteiger partial charge in [0.05, 0.1) is 40.1 Å². The Bertz CT molecular complexity index is 2780. The number of rotatable bonds is 43. The van der Waals surface area contributed by atoms with E-state index in [1.807, 2.05) is 0 Å². The number of carbonyl (C=O) groups excluding carboxylic acids is 12. The van der Waals surface area contributed by atoms with Crippen molar-refractivity contribution < 1.29 is 200 Å². The fraction of sp³-hybridized carbons (Fsp3) is 0.789. The highest BCUT2D eigenvalue weighted by atomic mass is 19.4. The van der Waals surface area contributed by atoms with Crippen LogP contribution in [0.3, 0.4) is 0 Å². The van der Waals surface area contributed by atoms with Gasteiger partial charge >= 0.3 is 119 Å². The average molecular weight is 1630 g/mol. The molecule has 0 aliphatic rings. The Morgan fingerprint density at radius 1 is 0.262 bits per heavy atom. The maximum absolute atomic E-state index is 13.1. The smallest absolute Gasteiger partial charge is 0.418 e. The Labute approximate surface area is 592 Å². The van der Waals surface area contributed by atoms with Gasteiger partial charge in [-0.3, -0.25) is 28.8 Å². The first kappa shape index (κ1) is 110. The van der Waals surface area contributed by atoms with Crippen LogP contribution in [0.15, 0.2) is 0 Å². The number of hydrogen-bond acceptors (Lipinski definition) is 18. The van der Waals surface area contributed by atoms with Crippen LogP contribution in [-0.2, 0) is 86.0 Å². The monoisotopic (exact) mass is 1630 g/mol. The van der Waals surface area contributed by atoms with Gasteiger partial charge in [-0.05, 0) is 32.6 Å². The van der Waals surface area contributed by atoms with Crippen LogP contribution in [0.2, 0.25) is 0 Å². The highest BCUT2D eigenvalue weighted by Crippen LogP contribution is 2.53. The molecule has 0 aromatic carbocycles. The molecule has 0 fully saturated rings. The van der Waals surface area contributed by atoms with E-state index < -0.39 is 161 Å². The van der Waals surface area contributed by atoms with E-state index >= 15 is 0 Å². The van der Waals surface area contributed by atoms with Gasteiger partial charge in [0.1, 0.15) is 0 Å². The molecule has 0 unspecified atom stereocenters. The Morgan fingerprint density at radius 2 is 0.533 bits per heavy atom. The van der Waals surface area contributed by atoms with Crippen molar-refractivity contribution in [2.45, 2.75) is 234 Å². The Hall–Kier alpha value is -8.18. The summed E-state index contributed by atoms with van der Waals surface area (Å²) in [4.78, 5) is 125. The Balaban J connectivity index is -0.000000290. The Morgan fingerprint density at radius 3 is 0.841 bits per heavy atom. The number of primary amides is 4. The van der Waals surface area contributed by atoms with Crippen molar-refractivity contribution in [3.8, 4) is 0 Å². The number of alkyl halides is 26. The quantitative estimate of drug-likeness (QED) is 0.0109. The minimum atomic E-state index is -6.92. The second-order valence-corrected chi connectivity index (χ2v) is 21.1. The van der Waals surface area contributed by atoms with Crippen LogP contribution in [-0.4, -0.2) is 202 Å². The zero-order valence-electron chi connectivity index (χ0n) is 58.0. The third-order valence-electron chi connectivity index (χ3n) is 12.7. The molecule has 0 spiro atoms. The van der Waals surface area contributed by atoms with Crippen molar-refractivity contribution in [3.63, 3.8) is 0 Å². The molecule has 0 rings (SSSR count). The van der Waals surface area contributed by atoms with Crippen molar-refractivity contribution >= 4 is 71.3 Å². The van der Waals surface area contributed by atoms with Gasteiger partial charge in [0.15, 0.2) is 0 Å². The van der Waals surface area contributed by atoms with Gasteiger partial charge in [-0.1, -0.05) is 124 Å². The van der Waals surface area contributed by atoms with Gasteiger partial charge in [0.25, 0.3) is 29.5 Å². The van der Waals surface area contributed by atoms with Gasteiger partial charge < -0.3 is 62.0 Å². The third-order valence-corrected chi connectivity index (χ3v) is 12.7. The maximum atomic E-state index is 13.1. The fourth-order valence-electron chi connectivity index (χ4n) is 6.24. The standard InChI is InChI=1S/C16H27F4NO3.C11H19F2NO3.C10H11F8NO3.C8H9F6NO3.C6H7F4NO3.C6H9F2NO3/c1-2-3-4-5-6-7-8-9-10-11-12-24-14(23)16(19,20)15(17,18)13(21)22;1-2-3-4-5-6-7-8-17-10(16)11(12,13)9(14)15;1-2-3-4-22-6(21)8(13,14)10(17,18)9(15,16)7(11,12)5(19)20;1-2-3-18-5(17)7(11,12)8(13,14)6(9,10)4(15)16;1-11-3(12)5(7,8)6(9,10)4(13)14-2;1-3-12-5(11)6(7,8)4(10)9-2/h2-12H2,1H3,(H2,21,22);2-8H2,1H3,(H2,14,15);2-4H2,1H3,(H2,19,20);2-3H2,1H3,(H2,15,16);1-2H3,(H,11,12);3H2,1-2H3,(H,9,10). The summed E-state index contributed by atoms with van der Waals surface area (Å²) in [5.74, 6) is -103. The van der Waals surface area contributed by atoms with Gasteiger partial charge in [0.2, 0.25) is 0 Å². The zero-order chi connectivity index (χ0) is 86.1. The van der Waals surface area contributed by atoms with Crippen molar-refractivity contribution in [2.75, 3.05) is 54.2 Å². The molecule has 10 N–H and O–H groups in total. The summed E-state index contributed by atoms with van der Waals surface area (Å²) in [6.07, 6.45) is 15.8. The van der Waals surface area contributed by atoms with Gasteiger partial charge in [-0.2, -0.15) is 114 Å². The minimum Gasteiger partial charge on any atom is -0.464 e. The predicted molar refractivity (Wildman–Crippen MR) is 312 cm³/mol. The molecule has 0 aromatic rings. The molecule has 0 heterocycles. The number of methoxy groups -OCH3 is 1. The lowest BCUT2D eigenvalue weighted by atomic mass is 9.98. The van der Waals surface area contributed by atoms with E-state index in [0.29, 0.717) is 26.4 Å². The molecule has 0 radical (unpaired) electrons. The predicted octanol–water partition coefficient (Wildman–Crippen LogP) is 10.0. The van der Waals surface area contributed by atoms with E-state index in [4.69, 9.17) is 0 Å². The Kier molecular flexibility index (Phi) is 49.5. The molecular formula is C57H82F26N6O18. The fourth-order valence-corrected chi connectivity index (χ4v) is 6.24. The molecule has 6 amide bonds. The highest BCUT2D eigenvalue weighted by Gasteiger charge is 2.85. The molecule has 0 aliphatic heterocycles. The summed E-state index contributed by atoms with van der Waals surface area (Å²) < 4.78 is 356. The number of unbranched alkanes of at least 4 members (excludes halogenated alkanes) is 15. The van der Waals surface area contributed by atoms with Crippen molar-refractivity contribution in [1.29, 1.82) is 0 Å². The lowest BCUT2D eigenvalue weighted by Gasteiger charge is -2.34. The van der Waals surface area contributed by atoms with Gasteiger partial charge in [0, 0.05) is 14.1 Å². The van der Waals surface area contributed by atoms with E-state index in [1.54, 1.807) is 5.32 Å². The summed E-state index contributed by atoms with van der Waals surface area (Å²) in [7, 11) is 2.26. The SMILES string of the molecule is CCCCCCCCCCCCOC(=O)C(F)(F)C(F)(F)C(N)=O.CCCCCCCCOC(=O)C(F)(F)C(N)=O.CCCCOC(=O)C(F)(F)C(F)(F)C(F)(F)C(F)(F)C(N)=O.CCCOC(=O)C(F)(F)C(F)(F)C(F)(F)C(N)=O.CCOC(=O)C(F)(F)C(=O)NC.CNC(=O)C(F)(F)C(F)(F)C(=O)OC. The molecular weight excluding hydrogens is 1550 g/mol. The third kappa shape index (κ3) is 32.3. The first-order chi connectivity index (χ1) is 48.4. The number of carbonyl (C=O) groups is 12. The number of ether oxygens (including phenoxy) is 6. The molecule has 0 saturated carbocycles. The zero-order valence-corrected chi connectivity index (χ0v) is 58.0. The van der Waals surface area contributed by atoms with E-state index in [-0.39, 0.29) is 39.1 Å². The number of esters is 6. The molecule has 0 aliphatic carbocycles. The van der Waals surface area contributed by atoms with Crippen LogP contribution < -0.4 is 33.6 Å². The average Bonchev–Trinajstić information content (AvgIpc) is 0.778. The van der Waals surface area contributed by atoms with E-state index in [9.17, 15) is 172 Å². The van der Waals surface area contributed by atoms with Crippen molar-refractivity contribution in [2.24, 2.45) is 22.9 Å². The van der Waals surface area contributed by atoms with Crippen LogP contribution in [0.1, 0.15) is 157 Å². The molecule has 24 nitrogen and oxygen atoms in total. The minimum absolute atomic E-state index is 0.0135. The lowest BCUT2D eigenvalue weighted by molar-refractivity contribution is -0.350. The molecule has 0 saturated heterocycles. The normalized spacial score (nSPS) is 12.4. The van der Waals surface area contributed by atoms with Gasteiger partial charge in [-0.15, -0.1) is 0 Å². The number of hydrogen-bond donors (Lipinski definition) is 6. The van der Waals surface area contributed by atoms with Crippen LogP contribution in [0, 0.1) is 0 Å². The van der Waals surface area contributed by atoms with E-state index in [0.717, 1.165) is 71.9 Å². The number of nitrogens with two attached hydrogens (primary N) is 4. The van der Waals surface area contributed by atoms with Crippen LogP contribution in [0.5, 0.6) is 0 Å². The molecule has 0 aromatic heterocycles. The van der Waals surface area contributed by atoms with Crippen LogP contribution in [0.4, 0.5) is 114 Å². The van der Waals surface area contributed by atoms with Crippen molar-refractivity contribution in [3.05, 3.63) is 0 Å². The maximum Gasteiger partial charge on any atom is 0.418 e. The lowest BCUT2D eigenvalue weighted by Crippen LogP contribution is -2.67. The molecule has 630 valence electrons. The molecule has 50 heteroatoms. The number of nitrogens with one attached hydrogen (secondary N) is 2. The molecule has 0 bridgehead atoms. The summed E-state index contributed by atoms with van der Waals surface area (Å²) in [5, 5.41) is 2.97. The van der Waals surface area contributed by atoms with Crippen LogP contribution in [0.25, 0.3) is 0 Å². The van der Waals surface area contributed by atoms with E-state index in [2.05, 4.69) is 65.2 Å². The number of halogens is 26. The second kappa shape index (κ2) is 48.3. The van der Waals surface area contributed by atoms with Crippen LogP contribution >= 0.6 is 0 Å². The first-order valence-electron chi connectivity index (χ1n) is 30.9. The summed E-state index contributed by atoms with van der Waals surface area (Å²) >= 11 is 0. The molecule has 0 atom stereocenters. The summed E-state index contributed by atoms with van der Waals surface area (Å²) in [6.45, 7) is 6.33. The highest BCUT2D eigenvalue weighted by molar-refractivity contribution is 6.04. The number of amides is 6. The molecule has 107 heavy (non-hydrogen) atoms. The topological polar surface area (TPSA) is 388 Å². The largest absolute Gasteiger partial charge is 0.464 e.